The van der Waals surface area contributed by atoms with Gasteiger partial charge in [0.2, 0.25) is 0 Å². The maximum absolute atomic E-state index is 8.25. The fraction of sp³-hybridized carbons (Fsp3) is 0. The van der Waals surface area contributed by atoms with Crippen LogP contribution in [0.15, 0.2) is 24.3 Å². The van der Waals surface area contributed by atoms with Crippen LogP contribution in [-0.4, -0.2) is 78.0 Å². The Kier molecular flexibility index (Phi) is 16.0. The van der Waals surface area contributed by atoms with E-state index in [1.165, 1.54) is 0 Å². The molecule has 0 aliphatic carbocycles. The van der Waals surface area contributed by atoms with Crippen molar-refractivity contribution in [3.05, 3.63) is 54.9 Å². The van der Waals surface area contributed by atoms with E-state index in [4.69, 9.17) is 30.6 Å². The normalized spacial score (nSPS) is 7.37. The second-order valence-corrected chi connectivity index (χ2v) is 2.26. The largest absolute Gasteiger partial charge is 3.00 e. The SMILES string of the molecule is O=[N+]([O-])[O-].O=[N+]([O-])[O-].[Bi+3].[Bi+3].c1ccc2n[nH]nc2c1. The summed E-state index contributed by atoms with van der Waals surface area (Å²) in [5.41, 5.74) is 1.83. The number of rotatable bonds is 0. The molecule has 96 valence electrons. The number of nitrogens with one attached hydrogen (secondary N) is 1. The van der Waals surface area contributed by atoms with Crippen LogP contribution >= 0.6 is 0 Å². The van der Waals surface area contributed by atoms with E-state index >= 15 is 0 Å². The Balaban J connectivity index is -0.000000224. The van der Waals surface area contributed by atoms with Gasteiger partial charge in [-0.25, -0.2) is 0 Å². The van der Waals surface area contributed by atoms with Crippen LogP contribution in [0.3, 0.4) is 0 Å². The standard InChI is InChI=1S/C6H5N3.2Bi.2NO3/c1-2-4-6-5(3-1)7-9-8-6;;;2*2-1(3)4/h1-4H,(H,7,8,9);;;;/q;2*+3;2*-1. The quantitative estimate of drug-likeness (QED) is 0.228. The Morgan fingerprint density at radius 1 is 0.842 bits per heavy atom. The molecule has 2 rings (SSSR count). The van der Waals surface area contributed by atoms with Gasteiger partial charge in [-0.15, -0.1) is 0 Å². The topological polar surface area (TPSA) is 174 Å². The molecule has 0 unspecified atom stereocenters. The third-order valence-corrected chi connectivity index (χ3v) is 1.22. The van der Waals surface area contributed by atoms with Crippen molar-refractivity contribution >= 4 is 63.4 Å². The van der Waals surface area contributed by atoms with Crippen LogP contribution < -0.4 is 0 Å². The summed E-state index contributed by atoms with van der Waals surface area (Å²) in [5.74, 6) is 0. The molecule has 1 N–H and O–H groups in total. The average molecular weight is 661 g/mol. The zero-order valence-corrected chi connectivity index (χ0v) is 15.9. The van der Waals surface area contributed by atoms with Crippen molar-refractivity contribution in [3.63, 3.8) is 0 Å². The second kappa shape index (κ2) is 13.2. The first-order chi connectivity index (χ1) is 7.93. The number of fused-ring (bicyclic) bond motifs is 1. The van der Waals surface area contributed by atoms with Crippen LogP contribution in [0.2, 0.25) is 0 Å². The smallest absolute Gasteiger partial charge is 0.356 e. The summed E-state index contributed by atoms with van der Waals surface area (Å²) in [7, 11) is 0. The van der Waals surface area contributed by atoms with Crippen molar-refractivity contribution in [3.8, 4) is 0 Å². The van der Waals surface area contributed by atoms with E-state index in [9.17, 15) is 0 Å². The Bertz CT molecular complexity index is 443. The van der Waals surface area contributed by atoms with Crippen molar-refractivity contribution in [1.82, 2.24) is 15.4 Å². The molecule has 0 aliphatic rings. The van der Waals surface area contributed by atoms with E-state index in [0.717, 1.165) is 11.0 Å². The summed E-state index contributed by atoms with van der Waals surface area (Å²) >= 11 is 0. The van der Waals surface area contributed by atoms with Crippen LogP contribution in [0.5, 0.6) is 0 Å². The summed E-state index contributed by atoms with van der Waals surface area (Å²) in [6, 6.07) is 7.70. The summed E-state index contributed by atoms with van der Waals surface area (Å²) in [5, 5.41) is 39.8. The van der Waals surface area contributed by atoms with E-state index in [0.29, 0.717) is 0 Å². The molecule has 4 radical (unpaired) electrons. The zero-order valence-electron chi connectivity index (χ0n) is 8.94. The molecular weight excluding hydrogens is 656 g/mol. The molecule has 0 saturated heterocycles. The molecular formula is C6H5Bi2N5O6+4. The molecule has 0 atom stereocenters. The average Bonchev–Trinajstić information content (AvgIpc) is 2.62. The molecule has 0 spiro atoms. The van der Waals surface area contributed by atoms with Gasteiger partial charge in [-0.05, 0) is 12.1 Å². The van der Waals surface area contributed by atoms with E-state index in [-0.39, 0.29) is 52.4 Å². The number of aromatic nitrogens is 3. The van der Waals surface area contributed by atoms with E-state index in [1.807, 2.05) is 24.3 Å². The zero-order chi connectivity index (χ0) is 13.3. The van der Waals surface area contributed by atoms with Crippen molar-refractivity contribution < 1.29 is 10.2 Å². The maximum Gasteiger partial charge on any atom is 3.00 e. The first kappa shape index (κ1) is 22.9. The number of benzene rings is 1. The van der Waals surface area contributed by atoms with Gasteiger partial charge < -0.3 is 30.6 Å². The molecule has 1 heterocycles. The summed E-state index contributed by atoms with van der Waals surface area (Å²) in [6.07, 6.45) is 0. The molecule has 0 fully saturated rings. The van der Waals surface area contributed by atoms with Crippen LogP contribution in [0, 0.1) is 30.6 Å². The predicted molar refractivity (Wildman–Crippen MR) is 66.1 cm³/mol. The van der Waals surface area contributed by atoms with Crippen molar-refractivity contribution in [2.45, 2.75) is 0 Å². The van der Waals surface area contributed by atoms with Gasteiger partial charge in [0.15, 0.2) is 0 Å². The molecule has 13 heteroatoms. The third-order valence-electron chi connectivity index (χ3n) is 1.22. The number of nitrogens with zero attached hydrogens (tertiary/aromatic N) is 4. The number of hydrogen-bond acceptors (Lipinski definition) is 8. The molecule has 0 amide bonds. The van der Waals surface area contributed by atoms with Gasteiger partial charge in [0, 0.05) is 0 Å². The molecule has 11 nitrogen and oxygen atoms in total. The second-order valence-electron chi connectivity index (χ2n) is 2.26. The maximum atomic E-state index is 8.25. The Hall–Kier alpha value is -1.21. The fourth-order valence-electron chi connectivity index (χ4n) is 0.786. The molecule has 2 aromatic rings. The fourth-order valence-corrected chi connectivity index (χ4v) is 0.786. The van der Waals surface area contributed by atoms with Crippen molar-refractivity contribution in [2.24, 2.45) is 0 Å². The molecule has 0 aliphatic heterocycles. The minimum absolute atomic E-state index is 0. The minimum Gasteiger partial charge on any atom is -0.356 e. The Labute approximate surface area is 143 Å². The first-order valence-corrected chi connectivity index (χ1v) is 3.82. The monoisotopic (exact) mass is 661 g/mol. The third kappa shape index (κ3) is 14.7. The number of hydrogen-bond donors (Lipinski definition) is 1. The predicted octanol–water partition coefficient (Wildman–Crippen LogP) is -0.282. The number of aromatic amines is 1. The van der Waals surface area contributed by atoms with Crippen LogP contribution in [0.25, 0.3) is 11.0 Å². The van der Waals surface area contributed by atoms with Gasteiger partial charge in [-0.3, -0.25) is 0 Å². The van der Waals surface area contributed by atoms with Gasteiger partial charge >= 0.3 is 52.4 Å². The van der Waals surface area contributed by atoms with E-state index in [2.05, 4.69) is 15.4 Å². The summed E-state index contributed by atoms with van der Waals surface area (Å²) < 4.78 is 0. The summed E-state index contributed by atoms with van der Waals surface area (Å²) in [4.78, 5) is 16.5. The van der Waals surface area contributed by atoms with Gasteiger partial charge in [-0.2, -0.15) is 15.4 Å². The molecule has 1 aromatic heterocycles. The number of H-pyrrole nitrogens is 1. The van der Waals surface area contributed by atoms with Crippen LogP contribution in [0.4, 0.5) is 0 Å². The van der Waals surface area contributed by atoms with Gasteiger partial charge in [0.05, 0.1) is 10.2 Å². The number of para-hydroxylation sites is 2. The van der Waals surface area contributed by atoms with Crippen LogP contribution in [-0.2, 0) is 0 Å². The molecule has 1 aromatic carbocycles. The Morgan fingerprint density at radius 3 is 1.37 bits per heavy atom. The van der Waals surface area contributed by atoms with Gasteiger partial charge in [0.1, 0.15) is 11.0 Å². The minimum atomic E-state index is -1.75. The van der Waals surface area contributed by atoms with E-state index < -0.39 is 10.2 Å². The summed E-state index contributed by atoms with van der Waals surface area (Å²) in [6.45, 7) is 0. The molecule has 0 bridgehead atoms. The van der Waals surface area contributed by atoms with E-state index in [1.54, 1.807) is 0 Å². The first-order valence-electron chi connectivity index (χ1n) is 3.82. The van der Waals surface area contributed by atoms with Crippen molar-refractivity contribution in [1.29, 1.82) is 0 Å². The van der Waals surface area contributed by atoms with Crippen LogP contribution in [0.1, 0.15) is 0 Å². The molecule has 19 heavy (non-hydrogen) atoms. The van der Waals surface area contributed by atoms with Gasteiger partial charge in [0.25, 0.3) is 0 Å². The van der Waals surface area contributed by atoms with Gasteiger partial charge in [-0.1, -0.05) is 12.1 Å². The van der Waals surface area contributed by atoms with Crippen molar-refractivity contribution in [2.75, 3.05) is 0 Å². The Morgan fingerprint density at radius 2 is 1.11 bits per heavy atom. The molecule has 0 saturated carbocycles.